The van der Waals surface area contributed by atoms with Gasteiger partial charge in [-0.05, 0) is 19.1 Å². The lowest BCUT2D eigenvalue weighted by Gasteiger charge is -2.10. The monoisotopic (exact) mass is 194 g/mol. The van der Waals surface area contributed by atoms with Crippen molar-refractivity contribution >= 4 is 6.08 Å². The topological polar surface area (TPSA) is 38.7 Å². The molecule has 76 valence electrons. The summed E-state index contributed by atoms with van der Waals surface area (Å²) in [6.07, 6.45) is 3.74. The second kappa shape index (κ2) is 4.56. The average Bonchev–Trinajstić information content (AvgIpc) is 2.19. The van der Waals surface area contributed by atoms with Crippen molar-refractivity contribution in [3.8, 4) is 17.2 Å². The van der Waals surface area contributed by atoms with Gasteiger partial charge in [0.25, 0.3) is 0 Å². The van der Waals surface area contributed by atoms with Crippen molar-refractivity contribution in [2.24, 2.45) is 0 Å². The van der Waals surface area contributed by atoms with Crippen LogP contribution in [0.3, 0.4) is 0 Å². The highest BCUT2D eigenvalue weighted by atomic mass is 16.5. The molecule has 3 nitrogen and oxygen atoms in total. The van der Waals surface area contributed by atoms with Gasteiger partial charge in [0.2, 0.25) is 5.75 Å². The minimum atomic E-state index is 0.0330. The Morgan fingerprint density at radius 3 is 2.43 bits per heavy atom. The number of allylic oxidation sites excluding steroid dienone is 1. The van der Waals surface area contributed by atoms with Gasteiger partial charge in [0.15, 0.2) is 11.5 Å². The van der Waals surface area contributed by atoms with Gasteiger partial charge in [-0.1, -0.05) is 12.2 Å². The van der Waals surface area contributed by atoms with Gasteiger partial charge in [-0.15, -0.1) is 0 Å². The third-order valence-electron chi connectivity index (χ3n) is 1.90. The zero-order chi connectivity index (χ0) is 10.6. The SMILES string of the molecule is C/C=C/c1ccc(OC)c(O)c1OC. The van der Waals surface area contributed by atoms with Crippen LogP contribution in [0.1, 0.15) is 12.5 Å². The van der Waals surface area contributed by atoms with Crippen LogP contribution < -0.4 is 9.47 Å². The molecular weight excluding hydrogens is 180 g/mol. The first-order valence-electron chi connectivity index (χ1n) is 4.31. The summed E-state index contributed by atoms with van der Waals surface area (Å²) in [7, 11) is 3.02. The number of methoxy groups -OCH3 is 2. The number of benzene rings is 1. The van der Waals surface area contributed by atoms with Crippen molar-refractivity contribution in [3.05, 3.63) is 23.8 Å². The van der Waals surface area contributed by atoms with Crippen molar-refractivity contribution in [1.82, 2.24) is 0 Å². The number of hydrogen-bond donors (Lipinski definition) is 1. The van der Waals surface area contributed by atoms with Gasteiger partial charge in [-0.3, -0.25) is 0 Å². The van der Waals surface area contributed by atoms with Crippen LogP contribution in [-0.2, 0) is 0 Å². The molecule has 0 radical (unpaired) electrons. The molecule has 0 aliphatic carbocycles. The number of ether oxygens (including phenoxy) is 2. The number of aromatic hydroxyl groups is 1. The quantitative estimate of drug-likeness (QED) is 0.803. The summed E-state index contributed by atoms with van der Waals surface area (Å²) in [6, 6.07) is 3.53. The zero-order valence-corrected chi connectivity index (χ0v) is 8.57. The van der Waals surface area contributed by atoms with E-state index in [1.54, 1.807) is 6.07 Å². The standard InChI is InChI=1S/C11H14O3/c1-4-5-8-6-7-9(13-2)10(12)11(8)14-3/h4-7,12H,1-3H3/b5-4+. The molecule has 0 aliphatic heterocycles. The van der Waals surface area contributed by atoms with E-state index in [1.165, 1.54) is 14.2 Å². The van der Waals surface area contributed by atoms with E-state index in [1.807, 2.05) is 25.1 Å². The Labute approximate surface area is 83.6 Å². The van der Waals surface area contributed by atoms with Gasteiger partial charge in [-0.25, -0.2) is 0 Å². The molecule has 0 spiro atoms. The second-order valence-electron chi connectivity index (χ2n) is 2.74. The fourth-order valence-corrected chi connectivity index (χ4v) is 1.26. The zero-order valence-electron chi connectivity index (χ0n) is 8.57. The van der Waals surface area contributed by atoms with E-state index in [0.717, 1.165) is 5.56 Å². The Balaban J connectivity index is 3.28. The van der Waals surface area contributed by atoms with E-state index >= 15 is 0 Å². The molecule has 0 amide bonds. The number of rotatable bonds is 3. The summed E-state index contributed by atoms with van der Waals surface area (Å²) in [5.41, 5.74) is 0.827. The van der Waals surface area contributed by atoms with Gasteiger partial charge in [-0.2, -0.15) is 0 Å². The smallest absolute Gasteiger partial charge is 0.201 e. The highest BCUT2D eigenvalue weighted by Gasteiger charge is 2.11. The highest BCUT2D eigenvalue weighted by Crippen LogP contribution is 2.39. The van der Waals surface area contributed by atoms with Crippen molar-refractivity contribution in [3.63, 3.8) is 0 Å². The first-order valence-corrected chi connectivity index (χ1v) is 4.31. The van der Waals surface area contributed by atoms with E-state index < -0.39 is 0 Å². The molecule has 0 aromatic heterocycles. The third kappa shape index (κ3) is 1.82. The molecule has 0 saturated heterocycles. The predicted molar refractivity (Wildman–Crippen MR) is 55.9 cm³/mol. The lowest BCUT2D eigenvalue weighted by Crippen LogP contribution is -1.91. The predicted octanol–water partition coefficient (Wildman–Crippen LogP) is 2.44. The normalized spacial score (nSPS) is 10.5. The van der Waals surface area contributed by atoms with E-state index in [9.17, 15) is 5.11 Å². The fraction of sp³-hybridized carbons (Fsp3) is 0.273. The van der Waals surface area contributed by atoms with Gasteiger partial charge in [0, 0.05) is 5.56 Å². The Morgan fingerprint density at radius 2 is 1.93 bits per heavy atom. The maximum absolute atomic E-state index is 9.71. The van der Waals surface area contributed by atoms with Crippen molar-refractivity contribution in [1.29, 1.82) is 0 Å². The van der Waals surface area contributed by atoms with Gasteiger partial charge >= 0.3 is 0 Å². The third-order valence-corrected chi connectivity index (χ3v) is 1.90. The molecule has 1 aromatic rings. The van der Waals surface area contributed by atoms with Crippen LogP contribution in [0.5, 0.6) is 17.2 Å². The van der Waals surface area contributed by atoms with E-state index in [4.69, 9.17) is 9.47 Å². The molecule has 1 rings (SSSR count). The molecule has 1 N–H and O–H groups in total. The number of phenolic OH excluding ortho intramolecular Hbond substituents is 1. The van der Waals surface area contributed by atoms with Crippen LogP contribution >= 0.6 is 0 Å². The summed E-state index contributed by atoms with van der Waals surface area (Å²) in [6.45, 7) is 1.90. The van der Waals surface area contributed by atoms with E-state index in [-0.39, 0.29) is 5.75 Å². The molecule has 3 heteroatoms. The summed E-state index contributed by atoms with van der Waals surface area (Å²) >= 11 is 0. The Kier molecular flexibility index (Phi) is 3.40. The molecular formula is C11H14O3. The van der Waals surface area contributed by atoms with E-state index in [0.29, 0.717) is 11.5 Å². The summed E-state index contributed by atoms with van der Waals surface area (Å²) in [4.78, 5) is 0. The van der Waals surface area contributed by atoms with Gasteiger partial charge < -0.3 is 14.6 Å². The molecule has 0 bridgehead atoms. The van der Waals surface area contributed by atoms with Crippen LogP contribution in [0, 0.1) is 0 Å². The van der Waals surface area contributed by atoms with Crippen molar-refractivity contribution < 1.29 is 14.6 Å². The maximum Gasteiger partial charge on any atom is 0.201 e. The van der Waals surface area contributed by atoms with Crippen molar-refractivity contribution in [2.45, 2.75) is 6.92 Å². The van der Waals surface area contributed by atoms with Crippen LogP contribution in [0.15, 0.2) is 18.2 Å². The minimum Gasteiger partial charge on any atom is -0.502 e. The van der Waals surface area contributed by atoms with Crippen molar-refractivity contribution in [2.75, 3.05) is 14.2 Å². The molecule has 1 aromatic carbocycles. The summed E-state index contributed by atoms with van der Waals surface area (Å²) in [5.74, 6) is 0.878. The Morgan fingerprint density at radius 1 is 1.21 bits per heavy atom. The lowest BCUT2D eigenvalue weighted by atomic mass is 10.1. The van der Waals surface area contributed by atoms with Crippen LogP contribution in [0.4, 0.5) is 0 Å². The fourth-order valence-electron chi connectivity index (χ4n) is 1.26. The largest absolute Gasteiger partial charge is 0.502 e. The molecule has 0 atom stereocenters. The molecule has 0 aliphatic rings. The first-order chi connectivity index (χ1) is 6.74. The van der Waals surface area contributed by atoms with Crippen LogP contribution in [-0.4, -0.2) is 19.3 Å². The molecule has 0 saturated carbocycles. The number of hydrogen-bond acceptors (Lipinski definition) is 3. The second-order valence-corrected chi connectivity index (χ2v) is 2.74. The lowest BCUT2D eigenvalue weighted by molar-refractivity contribution is 0.339. The molecule has 0 heterocycles. The minimum absolute atomic E-state index is 0.0330. The molecule has 0 unspecified atom stereocenters. The Hall–Kier alpha value is -1.64. The van der Waals surface area contributed by atoms with Gasteiger partial charge in [0.1, 0.15) is 0 Å². The first kappa shape index (κ1) is 10.4. The summed E-state index contributed by atoms with van der Waals surface area (Å²) < 4.78 is 10.1. The van der Waals surface area contributed by atoms with Crippen LogP contribution in [0.25, 0.3) is 6.08 Å². The van der Waals surface area contributed by atoms with Crippen LogP contribution in [0.2, 0.25) is 0 Å². The highest BCUT2D eigenvalue weighted by molar-refractivity contribution is 5.65. The number of phenols is 1. The Bertz CT molecular complexity index is 343. The van der Waals surface area contributed by atoms with Gasteiger partial charge in [0.05, 0.1) is 14.2 Å². The van der Waals surface area contributed by atoms with E-state index in [2.05, 4.69) is 0 Å². The molecule has 14 heavy (non-hydrogen) atoms. The average molecular weight is 194 g/mol. The maximum atomic E-state index is 9.71. The molecule has 0 fully saturated rings. The summed E-state index contributed by atoms with van der Waals surface area (Å²) in [5, 5.41) is 9.71.